The van der Waals surface area contributed by atoms with Gasteiger partial charge in [-0.2, -0.15) is 8.42 Å². The van der Waals surface area contributed by atoms with Gasteiger partial charge in [0.25, 0.3) is 10.1 Å². The van der Waals surface area contributed by atoms with Crippen LogP contribution in [0.5, 0.6) is 0 Å². The van der Waals surface area contributed by atoms with Crippen LogP contribution in [0, 0.1) is 0 Å². The lowest BCUT2D eigenvalue weighted by Crippen LogP contribution is -2.25. The Balaban J connectivity index is 1.74. The van der Waals surface area contributed by atoms with Crippen molar-refractivity contribution in [2.75, 3.05) is 13.2 Å². The summed E-state index contributed by atoms with van der Waals surface area (Å²) in [6.07, 6.45) is -0.384. The van der Waals surface area contributed by atoms with Gasteiger partial charge in [0.1, 0.15) is 6.10 Å². The molecular formula is C16H18O5S. The Morgan fingerprint density at radius 2 is 1.91 bits per heavy atom. The van der Waals surface area contributed by atoms with Crippen molar-refractivity contribution in [2.45, 2.75) is 30.6 Å². The molecule has 3 rings (SSSR count). The lowest BCUT2D eigenvalue weighted by Gasteiger charge is -2.17. The van der Waals surface area contributed by atoms with Crippen LogP contribution in [0.3, 0.4) is 0 Å². The fourth-order valence-electron chi connectivity index (χ4n) is 2.40. The highest BCUT2D eigenvalue weighted by Crippen LogP contribution is 2.24. The predicted octanol–water partition coefficient (Wildman–Crippen LogP) is 2.70. The fourth-order valence-corrected chi connectivity index (χ4v) is 3.37. The van der Waals surface area contributed by atoms with E-state index in [2.05, 4.69) is 0 Å². The zero-order valence-corrected chi connectivity index (χ0v) is 13.3. The van der Waals surface area contributed by atoms with Crippen LogP contribution in [0.25, 0.3) is 10.8 Å². The third-order valence-corrected chi connectivity index (χ3v) is 4.76. The molecule has 0 bridgehead atoms. The van der Waals surface area contributed by atoms with Gasteiger partial charge < -0.3 is 9.47 Å². The van der Waals surface area contributed by atoms with Gasteiger partial charge in [-0.15, -0.1) is 0 Å². The Kier molecular flexibility index (Phi) is 3.94. The molecule has 1 fully saturated rings. The molecule has 0 N–H and O–H groups in total. The lowest BCUT2D eigenvalue weighted by atomic mass is 10.1. The van der Waals surface area contributed by atoms with Gasteiger partial charge in [-0.05, 0) is 36.8 Å². The topological polar surface area (TPSA) is 61.8 Å². The molecule has 6 heteroatoms. The smallest absolute Gasteiger partial charge is 0.297 e. The number of ether oxygens (including phenoxy) is 2. The van der Waals surface area contributed by atoms with Crippen molar-refractivity contribution < 1.29 is 22.1 Å². The molecule has 2 aromatic rings. The second-order valence-electron chi connectivity index (χ2n) is 5.70. The van der Waals surface area contributed by atoms with Gasteiger partial charge in [-0.25, -0.2) is 0 Å². The van der Waals surface area contributed by atoms with E-state index in [-0.39, 0.29) is 17.6 Å². The van der Waals surface area contributed by atoms with Crippen molar-refractivity contribution in [3.05, 3.63) is 42.5 Å². The maximum Gasteiger partial charge on any atom is 0.297 e. The summed E-state index contributed by atoms with van der Waals surface area (Å²) in [6, 6.07) is 12.5. The van der Waals surface area contributed by atoms with Crippen LogP contribution in [-0.4, -0.2) is 33.5 Å². The quantitative estimate of drug-likeness (QED) is 0.810. The molecule has 1 atom stereocenters. The van der Waals surface area contributed by atoms with E-state index in [0.717, 1.165) is 10.8 Å². The second kappa shape index (κ2) is 5.62. The zero-order valence-electron chi connectivity index (χ0n) is 12.5. The van der Waals surface area contributed by atoms with Crippen LogP contribution in [0.2, 0.25) is 0 Å². The molecule has 5 nitrogen and oxygen atoms in total. The first-order chi connectivity index (χ1) is 10.4. The van der Waals surface area contributed by atoms with Gasteiger partial charge in [0.2, 0.25) is 0 Å². The van der Waals surface area contributed by atoms with Crippen molar-refractivity contribution in [3.63, 3.8) is 0 Å². The maximum absolute atomic E-state index is 12.3. The highest BCUT2D eigenvalue weighted by Gasteiger charge is 2.33. The molecule has 1 aliphatic heterocycles. The Bertz CT molecular complexity index is 782. The van der Waals surface area contributed by atoms with E-state index in [1.807, 2.05) is 24.3 Å². The monoisotopic (exact) mass is 322 g/mol. The summed E-state index contributed by atoms with van der Waals surface area (Å²) in [4.78, 5) is 0.143. The molecule has 2 aromatic carbocycles. The molecule has 118 valence electrons. The zero-order chi connectivity index (χ0) is 15.8. The minimum absolute atomic E-state index is 0.0570. The highest BCUT2D eigenvalue weighted by atomic mass is 32.2. The van der Waals surface area contributed by atoms with Crippen molar-refractivity contribution in [3.8, 4) is 0 Å². The summed E-state index contributed by atoms with van der Waals surface area (Å²) in [7, 11) is -3.81. The van der Waals surface area contributed by atoms with Gasteiger partial charge >= 0.3 is 0 Å². The maximum atomic E-state index is 12.3. The number of hydrogen-bond acceptors (Lipinski definition) is 5. The lowest BCUT2D eigenvalue weighted by molar-refractivity contribution is -0.141. The number of hydrogen-bond donors (Lipinski definition) is 0. The van der Waals surface area contributed by atoms with Crippen LogP contribution in [-0.2, 0) is 23.8 Å². The number of benzene rings is 2. The summed E-state index contributed by atoms with van der Waals surface area (Å²) >= 11 is 0. The standard InChI is InChI=1S/C16H18O5S/c1-16(2)19-10-14(21-16)11-20-22(17,18)15-8-7-12-5-3-4-6-13(12)9-15/h3-9,14H,10-11H2,1-2H3. The molecule has 0 amide bonds. The minimum Gasteiger partial charge on any atom is -0.348 e. The van der Waals surface area contributed by atoms with Gasteiger partial charge in [-0.1, -0.05) is 30.3 Å². The van der Waals surface area contributed by atoms with E-state index in [1.165, 1.54) is 0 Å². The normalized spacial score (nSPS) is 21.3. The van der Waals surface area contributed by atoms with Crippen LogP contribution < -0.4 is 0 Å². The van der Waals surface area contributed by atoms with Crippen LogP contribution in [0.4, 0.5) is 0 Å². The third-order valence-electron chi connectivity index (χ3n) is 3.49. The summed E-state index contributed by atoms with van der Waals surface area (Å²) in [5.41, 5.74) is 0. The molecule has 0 aliphatic carbocycles. The van der Waals surface area contributed by atoms with Crippen molar-refractivity contribution in [1.29, 1.82) is 0 Å². The Morgan fingerprint density at radius 1 is 1.18 bits per heavy atom. The Morgan fingerprint density at radius 3 is 2.59 bits per heavy atom. The van der Waals surface area contributed by atoms with E-state index < -0.39 is 15.9 Å². The SMILES string of the molecule is CC1(C)OCC(COS(=O)(=O)c2ccc3ccccc3c2)O1. The molecule has 1 saturated heterocycles. The average molecular weight is 322 g/mol. The highest BCUT2D eigenvalue weighted by molar-refractivity contribution is 7.86. The first-order valence-corrected chi connectivity index (χ1v) is 8.47. The summed E-state index contributed by atoms with van der Waals surface area (Å²) in [5.74, 6) is -0.694. The minimum atomic E-state index is -3.81. The summed E-state index contributed by atoms with van der Waals surface area (Å²) < 4.78 is 40.6. The molecule has 0 saturated carbocycles. The Hall–Kier alpha value is -1.47. The predicted molar refractivity (Wildman–Crippen MR) is 82.0 cm³/mol. The fraction of sp³-hybridized carbons (Fsp3) is 0.375. The molecule has 1 aliphatic rings. The van der Waals surface area contributed by atoms with Crippen molar-refractivity contribution >= 4 is 20.9 Å². The molecular weight excluding hydrogens is 304 g/mol. The van der Waals surface area contributed by atoms with Crippen LogP contribution >= 0.6 is 0 Å². The van der Waals surface area contributed by atoms with Gasteiger partial charge in [0.05, 0.1) is 18.1 Å². The first-order valence-electron chi connectivity index (χ1n) is 7.06. The van der Waals surface area contributed by atoms with Gasteiger partial charge in [-0.3, -0.25) is 4.18 Å². The molecule has 1 heterocycles. The van der Waals surface area contributed by atoms with Crippen LogP contribution in [0.1, 0.15) is 13.8 Å². The largest absolute Gasteiger partial charge is 0.348 e. The van der Waals surface area contributed by atoms with E-state index in [0.29, 0.717) is 6.61 Å². The van der Waals surface area contributed by atoms with Gasteiger partial charge in [0, 0.05) is 0 Å². The summed E-state index contributed by atoms with van der Waals surface area (Å²) in [5, 5.41) is 1.84. The van der Waals surface area contributed by atoms with E-state index >= 15 is 0 Å². The summed E-state index contributed by atoms with van der Waals surface area (Å²) in [6.45, 7) is 3.83. The van der Waals surface area contributed by atoms with Crippen LogP contribution in [0.15, 0.2) is 47.4 Å². The number of rotatable bonds is 4. The van der Waals surface area contributed by atoms with Crippen molar-refractivity contribution in [2.24, 2.45) is 0 Å². The van der Waals surface area contributed by atoms with E-state index in [4.69, 9.17) is 13.7 Å². The molecule has 1 unspecified atom stereocenters. The second-order valence-corrected chi connectivity index (χ2v) is 7.31. The molecule has 0 aromatic heterocycles. The van der Waals surface area contributed by atoms with E-state index in [9.17, 15) is 8.42 Å². The van der Waals surface area contributed by atoms with E-state index in [1.54, 1.807) is 32.0 Å². The molecule has 22 heavy (non-hydrogen) atoms. The Labute approximate surface area is 129 Å². The average Bonchev–Trinajstić information content (AvgIpc) is 2.84. The van der Waals surface area contributed by atoms with Crippen molar-refractivity contribution in [1.82, 2.24) is 0 Å². The number of fused-ring (bicyclic) bond motifs is 1. The molecule has 0 spiro atoms. The first kappa shape index (κ1) is 15.4. The third kappa shape index (κ3) is 3.30. The molecule has 0 radical (unpaired) electrons. The van der Waals surface area contributed by atoms with Gasteiger partial charge in [0.15, 0.2) is 5.79 Å².